The minimum absolute atomic E-state index is 0.0169. The Labute approximate surface area is 109 Å². The van der Waals surface area contributed by atoms with E-state index in [1.807, 2.05) is 6.92 Å². The molecule has 0 aromatic rings. The molecule has 1 amide bonds. The Balaban J connectivity index is 2.64. The average Bonchev–Trinajstić information content (AvgIpc) is 2.30. The lowest BCUT2D eigenvalue weighted by molar-refractivity contribution is -0.157. The molecule has 0 radical (unpaired) electrons. The van der Waals surface area contributed by atoms with Crippen molar-refractivity contribution in [1.82, 2.24) is 4.90 Å². The third kappa shape index (κ3) is 3.47. The second kappa shape index (κ2) is 6.21. The number of likely N-dealkylation sites (N-methyl/N-ethyl adjacent to an activating group) is 1. The van der Waals surface area contributed by atoms with Crippen LogP contribution < -0.4 is 0 Å². The molecule has 1 rings (SSSR count). The first-order valence-corrected chi connectivity index (χ1v) is 6.93. The number of amides is 1. The largest absolute Gasteiger partial charge is 0.480 e. The lowest BCUT2D eigenvalue weighted by atomic mass is 9.86. The molecular weight excluding hydrogens is 230 g/mol. The molecule has 1 saturated carbocycles. The molecule has 4 heteroatoms. The molecule has 1 fully saturated rings. The van der Waals surface area contributed by atoms with Crippen molar-refractivity contribution in [3.8, 4) is 0 Å². The number of hydrogen-bond acceptors (Lipinski definition) is 2. The molecule has 0 aromatic carbocycles. The maximum absolute atomic E-state index is 12.3. The van der Waals surface area contributed by atoms with E-state index in [-0.39, 0.29) is 5.91 Å². The molecule has 18 heavy (non-hydrogen) atoms. The highest BCUT2D eigenvalue weighted by atomic mass is 16.4. The van der Waals surface area contributed by atoms with Crippen molar-refractivity contribution >= 4 is 11.9 Å². The van der Waals surface area contributed by atoms with Crippen molar-refractivity contribution in [2.45, 2.75) is 64.8 Å². The van der Waals surface area contributed by atoms with Crippen LogP contribution in [-0.4, -0.2) is 34.0 Å². The van der Waals surface area contributed by atoms with Gasteiger partial charge in [-0.2, -0.15) is 0 Å². The zero-order valence-electron chi connectivity index (χ0n) is 11.7. The molecule has 104 valence electrons. The molecule has 0 aliphatic heterocycles. The number of carbonyl (C=O) groups excluding carboxylic acids is 1. The summed E-state index contributed by atoms with van der Waals surface area (Å²) in [4.78, 5) is 25.0. The number of aliphatic carboxylic acids is 1. The quantitative estimate of drug-likeness (QED) is 0.821. The van der Waals surface area contributed by atoms with Crippen LogP contribution in [0.15, 0.2) is 0 Å². The SMILES string of the molecule is CCN(C(=O)CC1CCCCC1)C(C)(C)C(=O)O. The average molecular weight is 255 g/mol. The van der Waals surface area contributed by atoms with Crippen LogP contribution in [-0.2, 0) is 9.59 Å². The first-order valence-electron chi connectivity index (χ1n) is 6.93. The van der Waals surface area contributed by atoms with Crippen LogP contribution in [0, 0.1) is 5.92 Å². The standard InChI is InChI=1S/C14H25NO3/c1-4-15(14(2,3)13(17)18)12(16)10-11-8-6-5-7-9-11/h11H,4-10H2,1-3H3,(H,17,18). The van der Waals surface area contributed by atoms with Gasteiger partial charge in [0.2, 0.25) is 5.91 Å². The lowest BCUT2D eigenvalue weighted by Crippen LogP contribution is -2.53. The van der Waals surface area contributed by atoms with Gasteiger partial charge in [0, 0.05) is 13.0 Å². The lowest BCUT2D eigenvalue weighted by Gasteiger charge is -2.35. The van der Waals surface area contributed by atoms with E-state index in [9.17, 15) is 14.7 Å². The van der Waals surface area contributed by atoms with E-state index < -0.39 is 11.5 Å². The summed E-state index contributed by atoms with van der Waals surface area (Å²) in [5.41, 5.74) is -1.11. The van der Waals surface area contributed by atoms with Crippen molar-refractivity contribution in [3.05, 3.63) is 0 Å². The van der Waals surface area contributed by atoms with Gasteiger partial charge in [-0.25, -0.2) is 4.79 Å². The van der Waals surface area contributed by atoms with Gasteiger partial charge >= 0.3 is 5.97 Å². The van der Waals surface area contributed by atoms with Crippen LogP contribution in [0.25, 0.3) is 0 Å². The molecule has 0 bridgehead atoms. The minimum atomic E-state index is -1.11. The topological polar surface area (TPSA) is 57.6 Å². The molecule has 1 aliphatic rings. The molecule has 0 spiro atoms. The summed E-state index contributed by atoms with van der Waals surface area (Å²) >= 11 is 0. The van der Waals surface area contributed by atoms with Crippen LogP contribution in [0.1, 0.15) is 59.3 Å². The number of hydrogen-bond donors (Lipinski definition) is 1. The first kappa shape index (κ1) is 15.0. The van der Waals surface area contributed by atoms with Crippen LogP contribution in [0.3, 0.4) is 0 Å². The number of nitrogens with zero attached hydrogens (tertiary/aromatic N) is 1. The van der Waals surface area contributed by atoms with E-state index in [1.54, 1.807) is 13.8 Å². The molecule has 0 atom stereocenters. The van der Waals surface area contributed by atoms with Crippen LogP contribution in [0.2, 0.25) is 0 Å². The molecule has 0 aromatic heterocycles. The normalized spacial score (nSPS) is 17.5. The molecular formula is C14H25NO3. The second-order valence-electron chi connectivity index (χ2n) is 5.71. The number of rotatable bonds is 5. The zero-order chi connectivity index (χ0) is 13.8. The monoisotopic (exact) mass is 255 g/mol. The van der Waals surface area contributed by atoms with Crippen molar-refractivity contribution in [3.63, 3.8) is 0 Å². The Morgan fingerprint density at radius 1 is 1.22 bits per heavy atom. The summed E-state index contributed by atoms with van der Waals surface area (Å²) in [7, 11) is 0. The second-order valence-corrected chi connectivity index (χ2v) is 5.71. The summed E-state index contributed by atoms with van der Waals surface area (Å²) in [6.45, 7) is 5.48. The van der Waals surface area contributed by atoms with Gasteiger partial charge in [-0.1, -0.05) is 19.3 Å². The van der Waals surface area contributed by atoms with Gasteiger partial charge in [0.1, 0.15) is 5.54 Å². The first-order chi connectivity index (χ1) is 8.39. The Hall–Kier alpha value is -1.06. The highest BCUT2D eigenvalue weighted by Gasteiger charge is 2.37. The Bertz CT molecular complexity index is 306. The summed E-state index contributed by atoms with van der Waals surface area (Å²) < 4.78 is 0. The fourth-order valence-corrected chi connectivity index (χ4v) is 2.75. The van der Waals surface area contributed by atoms with Gasteiger partial charge in [-0.05, 0) is 39.5 Å². The number of carboxylic acid groups (broad SMARTS) is 1. The summed E-state index contributed by atoms with van der Waals surface area (Å²) in [5.74, 6) is -0.511. The van der Waals surface area contributed by atoms with Gasteiger partial charge in [-0.3, -0.25) is 4.79 Å². The maximum atomic E-state index is 12.3. The fraction of sp³-hybridized carbons (Fsp3) is 0.857. The van der Waals surface area contributed by atoms with Crippen molar-refractivity contribution in [2.75, 3.05) is 6.54 Å². The van der Waals surface area contributed by atoms with Crippen LogP contribution in [0.5, 0.6) is 0 Å². The predicted octanol–water partition coefficient (Wildman–Crippen LogP) is 2.67. The fourth-order valence-electron chi connectivity index (χ4n) is 2.75. The number of carbonyl (C=O) groups is 2. The van der Waals surface area contributed by atoms with Gasteiger partial charge in [0.05, 0.1) is 0 Å². The van der Waals surface area contributed by atoms with E-state index in [0.29, 0.717) is 18.9 Å². The third-order valence-corrected chi connectivity index (χ3v) is 4.00. The summed E-state index contributed by atoms with van der Waals surface area (Å²) in [5, 5.41) is 9.20. The Morgan fingerprint density at radius 3 is 2.22 bits per heavy atom. The van der Waals surface area contributed by atoms with Gasteiger partial charge in [0.15, 0.2) is 0 Å². The van der Waals surface area contributed by atoms with Gasteiger partial charge in [-0.15, -0.1) is 0 Å². The predicted molar refractivity (Wildman–Crippen MR) is 70.3 cm³/mol. The van der Waals surface area contributed by atoms with Crippen molar-refractivity contribution < 1.29 is 14.7 Å². The summed E-state index contributed by atoms with van der Waals surface area (Å²) in [6, 6.07) is 0. The van der Waals surface area contributed by atoms with Gasteiger partial charge < -0.3 is 10.0 Å². The van der Waals surface area contributed by atoms with Gasteiger partial charge in [0.25, 0.3) is 0 Å². The molecule has 0 unspecified atom stereocenters. The molecule has 0 saturated heterocycles. The maximum Gasteiger partial charge on any atom is 0.329 e. The van der Waals surface area contributed by atoms with Crippen molar-refractivity contribution in [2.24, 2.45) is 5.92 Å². The minimum Gasteiger partial charge on any atom is -0.480 e. The number of carboxylic acids is 1. The highest BCUT2D eigenvalue weighted by Crippen LogP contribution is 2.28. The smallest absolute Gasteiger partial charge is 0.329 e. The van der Waals surface area contributed by atoms with E-state index >= 15 is 0 Å². The van der Waals surface area contributed by atoms with E-state index in [0.717, 1.165) is 12.8 Å². The Kier molecular flexibility index (Phi) is 5.17. The molecule has 1 aliphatic carbocycles. The van der Waals surface area contributed by atoms with E-state index in [1.165, 1.54) is 24.2 Å². The van der Waals surface area contributed by atoms with Crippen LogP contribution >= 0.6 is 0 Å². The Morgan fingerprint density at radius 2 is 1.78 bits per heavy atom. The third-order valence-electron chi connectivity index (χ3n) is 4.00. The van der Waals surface area contributed by atoms with E-state index in [4.69, 9.17) is 0 Å². The molecule has 1 N–H and O–H groups in total. The summed E-state index contributed by atoms with van der Waals surface area (Å²) in [6.07, 6.45) is 6.39. The molecule has 4 nitrogen and oxygen atoms in total. The zero-order valence-corrected chi connectivity index (χ0v) is 11.7. The van der Waals surface area contributed by atoms with Crippen LogP contribution in [0.4, 0.5) is 0 Å². The molecule has 0 heterocycles. The van der Waals surface area contributed by atoms with Crippen molar-refractivity contribution in [1.29, 1.82) is 0 Å². The van der Waals surface area contributed by atoms with E-state index in [2.05, 4.69) is 0 Å². The highest BCUT2D eigenvalue weighted by molar-refractivity contribution is 5.86.